The van der Waals surface area contributed by atoms with Crippen LogP contribution in [0.2, 0.25) is 5.15 Å². The van der Waals surface area contributed by atoms with Gasteiger partial charge in [0.05, 0.1) is 6.20 Å². The van der Waals surface area contributed by atoms with Crippen LogP contribution in [-0.4, -0.2) is 25.5 Å². The maximum atomic E-state index is 11.3. The Morgan fingerprint density at radius 3 is 3.00 bits per heavy atom. The van der Waals surface area contributed by atoms with Crippen LogP contribution in [0.4, 0.5) is 17.3 Å². The summed E-state index contributed by atoms with van der Waals surface area (Å²) in [6, 6.07) is 6.74. The lowest BCUT2D eigenvalue weighted by molar-refractivity contribution is -0.111. The second kappa shape index (κ2) is 5.82. The Morgan fingerprint density at radius 1 is 1.32 bits per heavy atom. The average Bonchev–Trinajstić information content (AvgIpc) is 2.95. The monoisotopic (exact) mass is 314 g/mol. The number of carbonyl (C=O) groups is 1. The fraction of sp³-hybridized carbons (Fsp3) is 0. The van der Waals surface area contributed by atoms with Crippen LogP contribution in [0.5, 0.6) is 0 Å². The van der Waals surface area contributed by atoms with Gasteiger partial charge in [-0.25, -0.2) is 9.97 Å². The number of hydrogen-bond acceptors (Lipinski definition) is 5. The van der Waals surface area contributed by atoms with Gasteiger partial charge in [-0.3, -0.25) is 4.79 Å². The van der Waals surface area contributed by atoms with Gasteiger partial charge in [0.1, 0.15) is 16.8 Å². The molecule has 0 bridgehead atoms. The van der Waals surface area contributed by atoms with Crippen LogP contribution in [0, 0.1) is 0 Å². The Balaban J connectivity index is 1.91. The Labute approximate surface area is 130 Å². The predicted molar refractivity (Wildman–Crippen MR) is 84.3 cm³/mol. The van der Waals surface area contributed by atoms with Crippen LogP contribution in [0.15, 0.2) is 49.3 Å². The number of nitrogens with zero attached hydrogens (tertiary/aromatic N) is 4. The number of amides is 1. The lowest BCUT2D eigenvalue weighted by atomic mass is 10.3. The van der Waals surface area contributed by atoms with Crippen molar-refractivity contribution in [1.29, 1.82) is 0 Å². The summed E-state index contributed by atoms with van der Waals surface area (Å²) in [4.78, 5) is 19.7. The van der Waals surface area contributed by atoms with E-state index in [1.165, 1.54) is 6.08 Å². The summed E-state index contributed by atoms with van der Waals surface area (Å²) in [5, 5.41) is 10.3. The second-order valence-electron chi connectivity index (χ2n) is 4.31. The lowest BCUT2D eigenvalue weighted by Gasteiger charge is -2.09. The van der Waals surface area contributed by atoms with Crippen LogP contribution in [0.1, 0.15) is 0 Å². The highest BCUT2D eigenvalue weighted by Crippen LogP contribution is 2.21. The number of pyridine rings is 1. The number of fused-ring (bicyclic) bond motifs is 1. The molecule has 0 fully saturated rings. The van der Waals surface area contributed by atoms with Crippen molar-refractivity contribution in [2.75, 3.05) is 10.6 Å². The third-order valence-corrected chi connectivity index (χ3v) is 2.99. The van der Waals surface area contributed by atoms with Gasteiger partial charge in [0.2, 0.25) is 5.91 Å². The molecule has 22 heavy (non-hydrogen) atoms. The molecule has 0 aliphatic carbocycles. The van der Waals surface area contributed by atoms with E-state index in [9.17, 15) is 4.79 Å². The van der Waals surface area contributed by atoms with E-state index >= 15 is 0 Å². The summed E-state index contributed by atoms with van der Waals surface area (Å²) in [6.07, 6.45) is 4.39. The molecule has 110 valence electrons. The first kappa shape index (κ1) is 14.0. The Hall–Kier alpha value is -2.93. The van der Waals surface area contributed by atoms with Gasteiger partial charge >= 0.3 is 0 Å². The van der Waals surface area contributed by atoms with Gasteiger partial charge in [-0.05, 0) is 12.1 Å². The zero-order valence-corrected chi connectivity index (χ0v) is 12.1. The number of carbonyl (C=O) groups excluding carboxylic acids is 1. The van der Waals surface area contributed by atoms with E-state index in [4.69, 9.17) is 11.6 Å². The van der Waals surface area contributed by atoms with E-state index < -0.39 is 0 Å². The molecule has 0 aromatic carbocycles. The molecule has 0 spiro atoms. The topological polar surface area (TPSA) is 84.2 Å². The Bertz CT molecular complexity index is 859. The molecular weight excluding hydrogens is 304 g/mol. The van der Waals surface area contributed by atoms with Gasteiger partial charge in [0.25, 0.3) is 0 Å². The van der Waals surface area contributed by atoms with E-state index in [1.807, 2.05) is 0 Å². The maximum Gasteiger partial charge on any atom is 0.247 e. The molecule has 1 amide bonds. The average molecular weight is 315 g/mol. The zero-order chi connectivity index (χ0) is 15.5. The molecule has 0 atom stereocenters. The van der Waals surface area contributed by atoms with Gasteiger partial charge in [-0.15, -0.1) is 0 Å². The first-order chi connectivity index (χ1) is 10.7. The summed E-state index contributed by atoms with van der Waals surface area (Å²) in [6.45, 7) is 3.41. The minimum absolute atomic E-state index is 0.293. The molecule has 0 aliphatic rings. The van der Waals surface area contributed by atoms with Crippen molar-refractivity contribution < 1.29 is 4.79 Å². The molecule has 0 saturated heterocycles. The number of hydrogen-bond donors (Lipinski definition) is 2. The molecule has 7 nitrogen and oxygen atoms in total. The predicted octanol–water partition coefficient (Wildman–Crippen LogP) is 2.65. The third kappa shape index (κ3) is 2.89. The highest BCUT2D eigenvalue weighted by atomic mass is 35.5. The van der Waals surface area contributed by atoms with E-state index in [2.05, 4.69) is 32.3 Å². The largest absolute Gasteiger partial charge is 0.325 e. The summed E-state index contributed by atoms with van der Waals surface area (Å²) >= 11 is 5.99. The molecule has 3 heterocycles. The molecule has 0 unspecified atom stereocenters. The number of anilines is 3. The molecule has 0 aliphatic heterocycles. The van der Waals surface area contributed by atoms with Crippen molar-refractivity contribution in [3.8, 4) is 0 Å². The summed E-state index contributed by atoms with van der Waals surface area (Å²) in [5.41, 5.74) is 1.21. The van der Waals surface area contributed by atoms with E-state index in [-0.39, 0.29) is 5.91 Å². The van der Waals surface area contributed by atoms with Crippen molar-refractivity contribution >= 4 is 40.5 Å². The summed E-state index contributed by atoms with van der Waals surface area (Å²) in [7, 11) is 0. The Kier molecular flexibility index (Phi) is 3.71. The summed E-state index contributed by atoms with van der Waals surface area (Å²) < 4.78 is 1.60. The maximum absolute atomic E-state index is 11.3. The van der Waals surface area contributed by atoms with Crippen LogP contribution < -0.4 is 10.6 Å². The molecular formula is C14H11ClN6O. The van der Waals surface area contributed by atoms with Gasteiger partial charge in [0, 0.05) is 30.1 Å². The number of rotatable bonds is 4. The quantitative estimate of drug-likeness (QED) is 0.571. The fourth-order valence-corrected chi connectivity index (χ4v) is 2.06. The highest BCUT2D eigenvalue weighted by Gasteiger charge is 2.07. The van der Waals surface area contributed by atoms with Gasteiger partial charge < -0.3 is 10.6 Å². The standard InChI is InChI=1S/C14H11ClN6O/c1-2-14(22)18-9-3-5-16-11(7-9)20-13-8-10(15)19-12-4-6-17-21(12)13/h2-8H,1H2,(H2,16,18,20,22). The van der Waals surface area contributed by atoms with E-state index in [0.717, 1.165) is 0 Å². The number of aromatic nitrogens is 4. The molecule has 0 saturated carbocycles. The molecule has 2 N–H and O–H groups in total. The van der Waals surface area contributed by atoms with Crippen molar-refractivity contribution in [3.05, 3.63) is 54.5 Å². The van der Waals surface area contributed by atoms with Crippen molar-refractivity contribution in [2.45, 2.75) is 0 Å². The molecule has 3 aromatic heterocycles. The summed E-state index contributed by atoms with van der Waals surface area (Å²) in [5.74, 6) is 0.846. The molecule has 0 radical (unpaired) electrons. The van der Waals surface area contributed by atoms with Crippen LogP contribution in [0.3, 0.4) is 0 Å². The minimum atomic E-state index is -0.293. The zero-order valence-electron chi connectivity index (χ0n) is 11.3. The third-order valence-electron chi connectivity index (χ3n) is 2.80. The van der Waals surface area contributed by atoms with Crippen molar-refractivity contribution in [2.24, 2.45) is 0 Å². The van der Waals surface area contributed by atoms with E-state index in [1.54, 1.807) is 41.2 Å². The molecule has 8 heteroatoms. The normalized spacial score (nSPS) is 10.4. The van der Waals surface area contributed by atoms with Gasteiger partial charge in [-0.2, -0.15) is 9.61 Å². The fourth-order valence-electron chi connectivity index (χ4n) is 1.87. The second-order valence-corrected chi connectivity index (χ2v) is 4.70. The molecule has 3 aromatic rings. The first-order valence-electron chi connectivity index (χ1n) is 6.32. The first-order valence-corrected chi connectivity index (χ1v) is 6.70. The van der Waals surface area contributed by atoms with Crippen LogP contribution >= 0.6 is 11.6 Å². The smallest absolute Gasteiger partial charge is 0.247 e. The van der Waals surface area contributed by atoms with Crippen molar-refractivity contribution in [3.63, 3.8) is 0 Å². The highest BCUT2D eigenvalue weighted by molar-refractivity contribution is 6.29. The molecule has 3 rings (SSSR count). The number of nitrogens with one attached hydrogen (secondary N) is 2. The van der Waals surface area contributed by atoms with Crippen LogP contribution in [0.25, 0.3) is 5.65 Å². The lowest BCUT2D eigenvalue weighted by Crippen LogP contribution is -2.08. The van der Waals surface area contributed by atoms with Gasteiger partial charge in [-0.1, -0.05) is 18.2 Å². The van der Waals surface area contributed by atoms with Crippen LogP contribution in [-0.2, 0) is 4.79 Å². The Morgan fingerprint density at radius 2 is 2.18 bits per heavy atom. The SMILES string of the molecule is C=CC(=O)Nc1ccnc(Nc2cc(Cl)nc3ccnn23)c1. The number of halogens is 1. The minimum Gasteiger partial charge on any atom is -0.325 e. The van der Waals surface area contributed by atoms with Crippen molar-refractivity contribution in [1.82, 2.24) is 19.6 Å². The van der Waals surface area contributed by atoms with Gasteiger partial charge in [0.15, 0.2) is 5.65 Å². The van der Waals surface area contributed by atoms with E-state index in [0.29, 0.717) is 28.1 Å².